The Bertz CT molecular complexity index is 324. The van der Waals surface area contributed by atoms with E-state index in [1.807, 2.05) is 0 Å². The lowest BCUT2D eigenvalue weighted by Gasteiger charge is -2.06. The molecule has 70 valence electrons. The molecule has 1 rings (SSSR count). The molecule has 0 atom stereocenters. The molecule has 1 aromatic rings. The van der Waals surface area contributed by atoms with E-state index in [9.17, 15) is 5.11 Å². The van der Waals surface area contributed by atoms with Crippen LogP contribution in [0.25, 0.3) is 0 Å². The predicted octanol–water partition coefficient (Wildman–Crippen LogP) is 3.26. The lowest BCUT2D eigenvalue weighted by Crippen LogP contribution is -1.93. The third-order valence-corrected chi connectivity index (χ3v) is 1.96. The Labute approximate surface area is 86.4 Å². The molecule has 2 nitrogen and oxygen atoms in total. The molecule has 4 heteroatoms. The van der Waals surface area contributed by atoms with Gasteiger partial charge in [-0.2, -0.15) is 0 Å². The van der Waals surface area contributed by atoms with Gasteiger partial charge in [0.05, 0.1) is 10.0 Å². The highest BCUT2D eigenvalue weighted by Crippen LogP contribution is 2.34. The van der Waals surface area contributed by atoms with Crippen LogP contribution in [0.1, 0.15) is 0 Å². The van der Waals surface area contributed by atoms with E-state index in [0.717, 1.165) is 0 Å². The second-order valence-electron chi connectivity index (χ2n) is 2.33. The van der Waals surface area contributed by atoms with Crippen LogP contribution in [0.3, 0.4) is 0 Å². The molecule has 0 radical (unpaired) electrons. The number of halogens is 2. The summed E-state index contributed by atoms with van der Waals surface area (Å²) in [5, 5.41) is 9.80. The fourth-order valence-corrected chi connectivity index (χ4v) is 1.22. The number of aromatic hydroxyl groups is 1. The SMILES string of the molecule is C=CCOc1cc(O)c(Cl)cc1Cl. The van der Waals surface area contributed by atoms with E-state index in [-0.39, 0.29) is 10.8 Å². The average molecular weight is 219 g/mol. The summed E-state index contributed by atoms with van der Waals surface area (Å²) in [5.74, 6) is 0.341. The first kappa shape index (κ1) is 10.2. The van der Waals surface area contributed by atoms with Crippen molar-refractivity contribution in [2.24, 2.45) is 0 Å². The Morgan fingerprint density at radius 3 is 2.69 bits per heavy atom. The first-order chi connectivity index (χ1) is 6.15. The van der Waals surface area contributed by atoms with Gasteiger partial charge in [0, 0.05) is 6.07 Å². The van der Waals surface area contributed by atoms with Crippen LogP contribution < -0.4 is 4.74 Å². The smallest absolute Gasteiger partial charge is 0.142 e. The number of benzene rings is 1. The monoisotopic (exact) mass is 218 g/mol. The lowest BCUT2D eigenvalue weighted by molar-refractivity contribution is 0.360. The van der Waals surface area contributed by atoms with E-state index in [1.54, 1.807) is 6.08 Å². The maximum atomic E-state index is 9.23. The summed E-state index contributed by atoms with van der Waals surface area (Å²) in [6.45, 7) is 3.82. The van der Waals surface area contributed by atoms with Crippen molar-refractivity contribution < 1.29 is 9.84 Å². The molecule has 13 heavy (non-hydrogen) atoms. The molecule has 0 heterocycles. The van der Waals surface area contributed by atoms with Crippen molar-refractivity contribution in [3.05, 3.63) is 34.8 Å². The third kappa shape index (κ3) is 2.54. The third-order valence-electron chi connectivity index (χ3n) is 1.36. The second-order valence-corrected chi connectivity index (χ2v) is 3.15. The first-order valence-electron chi connectivity index (χ1n) is 3.57. The van der Waals surface area contributed by atoms with Crippen LogP contribution in [0, 0.1) is 0 Å². The highest BCUT2D eigenvalue weighted by molar-refractivity contribution is 6.36. The molecule has 0 unspecified atom stereocenters. The van der Waals surface area contributed by atoms with Crippen molar-refractivity contribution in [2.75, 3.05) is 6.61 Å². The molecule has 0 aromatic heterocycles. The van der Waals surface area contributed by atoms with Crippen LogP contribution in [-0.2, 0) is 0 Å². The van der Waals surface area contributed by atoms with E-state index < -0.39 is 0 Å². The molecule has 1 aromatic carbocycles. The topological polar surface area (TPSA) is 29.5 Å². The molecule has 0 saturated heterocycles. The number of hydrogen-bond acceptors (Lipinski definition) is 2. The Hall–Kier alpha value is -0.860. The molecule has 0 bridgehead atoms. The van der Waals surface area contributed by atoms with Gasteiger partial charge in [0.15, 0.2) is 0 Å². The second kappa shape index (κ2) is 4.40. The van der Waals surface area contributed by atoms with Crippen molar-refractivity contribution in [2.45, 2.75) is 0 Å². The summed E-state index contributed by atoms with van der Waals surface area (Å²) in [4.78, 5) is 0. The minimum atomic E-state index is -0.0508. The Morgan fingerprint density at radius 2 is 2.08 bits per heavy atom. The standard InChI is InChI=1S/C9H8Cl2O2/c1-2-3-13-9-5-8(12)6(10)4-7(9)11/h2,4-5,12H,1,3H2. The molecule has 0 aliphatic carbocycles. The number of ether oxygens (including phenoxy) is 1. The summed E-state index contributed by atoms with van der Waals surface area (Å²) in [6, 6.07) is 2.80. The highest BCUT2D eigenvalue weighted by Gasteiger charge is 2.06. The van der Waals surface area contributed by atoms with Gasteiger partial charge >= 0.3 is 0 Å². The van der Waals surface area contributed by atoms with Crippen LogP contribution in [0.4, 0.5) is 0 Å². The average Bonchev–Trinajstić information content (AvgIpc) is 2.09. The summed E-state index contributed by atoms with van der Waals surface area (Å²) in [5.41, 5.74) is 0. The zero-order valence-electron chi connectivity index (χ0n) is 6.76. The molecule has 0 aliphatic rings. The highest BCUT2D eigenvalue weighted by atomic mass is 35.5. The minimum absolute atomic E-state index is 0.0508. The van der Waals surface area contributed by atoms with Gasteiger partial charge in [-0.3, -0.25) is 0 Å². The van der Waals surface area contributed by atoms with Crippen molar-refractivity contribution >= 4 is 23.2 Å². The van der Waals surface area contributed by atoms with Crippen molar-refractivity contribution in [1.29, 1.82) is 0 Å². The van der Waals surface area contributed by atoms with E-state index in [4.69, 9.17) is 27.9 Å². The number of rotatable bonds is 3. The first-order valence-corrected chi connectivity index (χ1v) is 4.32. The van der Waals surface area contributed by atoms with Gasteiger partial charge in [-0.15, -0.1) is 0 Å². The van der Waals surface area contributed by atoms with Crippen LogP contribution >= 0.6 is 23.2 Å². The molecule has 0 spiro atoms. The van der Waals surface area contributed by atoms with Gasteiger partial charge in [0.25, 0.3) is 0 Å². The quantitative estimate of drug-likeness (QED) is 0.790. The Balaban J connectivity index is 2.94. The number of phenolic OH excluding ortho intramolecular Hbond substituents is 1. The number of hydrogen-bond donors (Lipinski definition) is 1. The maximum Gasteiger partial charge on any atom is 0.142 e. The fraction of sp³-hybridized carbons (Fsp3) is 0.111. The van der Waals surface area contributed by atoms with Gasteiger partial charge in [-0.05, 0) is 6.07 Å². The zero-order valence-corrected chi connectivity index (χ0v) is 8.27. The van der Waals surface area contributed by atoms with E-state index in [1.165, 1.54) is 12.1 Å². The number of phenols is 1. The van der Waals surface area contributed by atoms with Crippen molar-refractivity contribution in [1.82, 2.24) is 0 Å². The van der Waals surface area contributed by atoms with Gasteiger partial charge in [0.1, 0.15) is 18.1 Å². The summed E-state index contributed by atoms with van der Waals surface area (Å²) < 4.78 is 5.15. The van der Waals surface area contributed by atoms with E-state index in [0.29, 0.717) is 17.4 Å². The van der Waals surface area contributed by atoms with Crippen molar-refractivity contribution in [3.63, 3.8) is 0 Å². The summed E-state index contributed by atoms with van der Waals surface area (Å²) in [7, 11) is 0. The van der Waals surface area contributed by atoms with Gasteiger partial charge < -0.3 is 9.84 Å². The Kier molecular flexibility index (Phi) is 3.46. The van der Waals surface area contributed by atoms with Gasteiger partial charge in [-0.25, -0.2) is 0 Å². The molecular weight excluding hydrogens is 211 g/mol. The minimum Gasteiger partial charge on any atom is -0.506 e. The lowest BCUT2D eigenvalue weighted by atomic mass is 10.3. The van der Waals surface area contributed by atoms with E-state index >= 15 is 0 Å². The van der Waals surface area contributed by atoms with Crippen LogP contribution in [0.15, 0.2) is 24.8 Å². The van der Waals surface area contributed by atoms with Crippen molar-refractivity contribution in [3.8, 4) is 11.5 Å². The molecule has 1 N–H and O–H groups in total. The van der Waals surface area contributed by atoms with Gasteiger partial charge in [-0.1, -0.05) is 35.9 Å². The van der Waals surface area contributed by atoms with E-state index in [2.05, 4.69) is 6.58 Å². The predicted molar refractivity (Wildman–Crippen MR) is 53.8 cm³/mol. The zero-order chi connectivity index (χ0) is 9.84. The van der Waals surface area contributed by atoms with Crippen LogP contribution in [-0.4, -0.2) is 11.7 Å². The summed E-state index contributed by atoms with van der Waals surface area (Å²) >= 11 is 11.4. The van der Waals surface area contributed by atoms with Crippen LogP contribution in [0.5, 0.6) is 11.5 Å². The molecule has 0 saturated carbocycles. The largest absolute Gasteiger partial charge is 0.506 e. The Morgan fingerprint density at radius 1 is 1.38 bits per heavy atom. The molecular formula is C9H8Cl2O2. The maximum absolute atomic E-state index is 9.23. The molecule has 0 aliphatic heterocycles. The molecule has 0 fully saturated rings. The van der Waals surface area contributed by atoms with Gasteiger partial charge in [0.2, 0.25) is 0 Å². The fourth-order valence-electron chi connectivity index (χ4n) is 0.778. The summed E-state index contributed by atoms with van der Waals surface area (Å²) in [6.07, 6.45) is 1.59. The molecule has 0 amide bonds. The van der Waals surface area contributed by atoms with Crippen LogP contribution in [0.2, 0.25) is 10.0 Å². The normalized spacial score (nSPS) is 9.69.